The van der Waals surface area contributed by atoms with E-state index in [0.29, 0.717) is 4.78 Å². The predicted molar refractivity (Wildman–Crippen MR) is 49.5 cm³/mol. The lowest BCUT2D eigenvalue weighted by atomic mass is 9.90. The highest BCUT2D eigenvalue weighted by Crippen LogP contribution is 2.24. The van der Waals surface area contributed by atoms with E-state index in [9.17, 15) is 0 Å². The molecule has 0 fully saturated rings. The second kappa shape index (κ2) is 2.60. The summed E-state index contributed by atoms with van der Waals surface area (Å²) in [7, 11) is -1.32. The average molecular weight is 184 g/mol. The highest BCUT2D eigenvalue weighted by atomic mass is 32.1. The standard InChI is InChI=1S/C6H5BO2S2/c8-7(9)6-3-5-4(11-6)1-2-10-5/h1-3,8-9H. The minimum absolute atomic E-state index is 0.617. The van der Waals surface area contributed by atoms with Gasteiger partial charge in [0.1, 0.15) is 0 Å². The molecule has 11 heavy (non-hydrogen) atoms. The molecule has 0 aliphatic rings. The summed E-state index contributed by atoms with van der Waals surface area (Å²) in [6.07, 6.45) is 0. The molecule has 56 valence electrons. The Bertz CT molecular complexity index is 337. The van der Waals surface area contributed by atoms with E-state index < -0.39 is 7.12 Å². The van der Waals surface area contributed by atoms with Gasteiger partial charge in [0.2, 0.25) is 0 Å². The normalized spacial score (nSPS) is 10.7. The maximum absolute atomic E-state index is 8.81. The van der Waals surface area contributed by atoms with Gasteiger partial charge in [0.05, 0.1) is 0 Å². The second-order valence-electron chi connectivity index (χ2n) is 2.17. The molecule has 2 N–H and O–H groups in total. The molecule has 0 spiro atoms. The predicted octanol–water partition coefficient (Wildman–Crippen LogP) is 0.643. The van der Waals surface area contributed by atoms with Crippen LogP contribution in [0.5, 0.6) is 0 Å². The zero-order valence-corrected chi connectivity index (χ0v) is 7.15. The molecule has 0 unspecified atom stereocenters. The molecule has 0 bridgehead atoms. The SMILES string of the molecule is OB(O)c1cc2sccc2s1. The second-order valence-corrected chi connectivity index (χ2v) is 4.23. The van der Waals surface area contributed by atoms with Gasteiger partial charge >= 0.3 is 7.12 Å². The van der Waals surface area contributed by atoms with Gasteiger partial charge in [-0.15, -0.1) is 22.7 Å². The van der Waals surface area contributed by atoms with E-state index in [-0.39, 0.29) is 0 Å². The molecular formula is C6H5BO2S2. The van der Waals surface area contributed by atoms with Crippen LogP contribution in [0.15, 0.2) is 17.5 Å². The Balaban J connectivity index is 2.58. The van der Waals surface area contributed by atoms with Crippen molar-refractivity contribution in [3.63, 3.8) is 0 Å². The van der Waals surface area contributed by atoms with Gasteiger partial charge in [-0.3, -0.25) is 0 Å². The topological polar surface area (TPSA) is 40.5 Å². The van der Waals surface area contributed by atoms with Crippen molar-refractivity contribution in [3.8, 4) is 0 Å². The van der Waals surface area contributed by atoms with Crippen molar-refractivity contribution in [1.29, 1.82) is 0 Å². The van der Waals surface area contributed by atoms with Gasteiger partial charge in [-0.25, -0.2) is 0 Å². The maximum Gasteiger partial charge on any atom is 0.499 e. The maximum atomic E-state index is 8.81. The molecule has 0 radical (unpaired) electrons. The molecule has 0 atom stereocenters. The molecule has 2 heterocycles. The quantitative estimate of drug-likeness (QED) is 0.638. The summed E-state index contributed by atoms with van der Waals surface area (Å²) in [5, 5.41) is 19.6. The molecule has 2 aromatic heterocycles. The van der Waals surface area contributed by atoms with Crippen molar-refractivity contribution >= 4 is 44.0 Å². The van der Waals surface area contributed by atoms with Crippen molar-refractivity contribution in [2.24, 2.45) is 0 Å². The van der Waals surface area contributed by atoms with E-state index in [1.54, 1.807) is 11.3 Å². The van der Waals surface area contributed by atoms with Crippen molar-refractivity contribution in [1.82, 2.24) is 0 Å². The Morgan fingerprint density at radius 2 is 2.09 bits per heavy atom. The first-order chi connectivity index (χ1) is 5.27. The molecular weight excluding hydrogens is 179 g/mol. The fourth-order valence-corrected chi connectivity index (χ4v) is 2.90. The van der Waals surface area contributed by atoms with Crippen molar-refractivity contribution in [2.75, 3.05) is 0 Å². The molecule has 5 heteroatoms. The number of fused-ring (bicyclic) bond motifs is 1. The molecule has 2 nitrogen and oxygen atoms in total. The Hall–Kier alpha value is -0.355. The van der Waals surface area contributed by atoms with Crippen molar-refractivity contribution in [2.45, 2.75) is 0 Å². The van der Waals surface area contributed by atoms with Crippen molar-refractivity contribution in [3.05, 3.63) is 17.5 Å². The van der Waals surface area contributed by atoms with Crippen molar-refractivity contribution < 1.29 is 10.0 Å². The van der Waals surface area contributed by atoms with Crippen LogP contribution in [0.2, 0.25) is 0 Å². The summed E-state index contributed by atoms with van der Waals surface area (Å²) in [6, 6.07) is 3.80. The molecule has 2 rings (SSSR count). The van der Waals surface area contributed by atoms with Crippen LogP contribution in [0.1, 0.15) is 0 Å². The summed E-state index contributed by atoms with van der Waals surface area (Å²) in [5.41, 5.74) is 0. The number of hydrogen-bond acceptors (Lipinski definition) is 4. The van der Waals surface area contributed by atoms with E-state index >= 15 is 0 Å². The third-order valence-electron chi connectivity index (χ3n) is 1.41. The molecule has 0 aromatic carbocycles. The Morgan fingerprint density at radius 1 is 1.27 bits per heavy atom. The van der Waals surface area contributed by atoms with Crippen LogP contribution in [-0.4, -0.2) is 17.2 Å². The summed E-state index contributed by atoms with van der Waals surface area (Å²) < 4.78 is 2.86. The Labute approximate surface area is 71.9 Å². The van der Waals surface area contributed by atoms with E-state index in [2.05, 4.69) is 0 Å². The van der Waals surface area contributed by atoms with E-state index in [4.69, 9.17) is 10.0 Å². The highest BCUT2D eigenvalue weighted by Gasteiger charge is 2.14. The Morgan fingerprint density at radius 3 is 2.73 bits per heavy atom. The first-order valence-corrected chi connectivity index (χ1v) is 4.80. The van der Waals surface area contributed by atoms with Gasteiger partial charge in [-0.2, -0.15) is 0 Å². The van der Waals surface area contributed by atoms with Crippen LogP contribution in [0, 0.1) is 0 Å². The van der Waals surface area contributed by atoms with Crippen LogP contribution >= 0.6 is 22.7 Å². The average Bonchev–Trinajstić information content (AvgIpc) is 2.40. The van der Waals surface area contributed by atoms with Crippen LogP contribution in [-0.2, 0) is 0 Å². The Kier molecular flexibility index (Phi) is 1.73. The first-order valence-electron chi connectivity index (χ1n) is 3.10. The summed E-state index contributed by atoms with van der Waals surface area (Å²) in [4.78, 5) is 0. The van der Waals surface area contributed by atoms with Gasteiger partial charge in [-0.1, -0.05) is 0 Å². The summed E-state index contributed by atoms with van der Waals surface area (Å²) >= 11 is 3.04. The lowest BCUT2D eigenvalue weighted by Crippen LogP contribution is -2.26. The fourth-order valence-electron chi connectivity index (χ4n) is 0.912. The number of rotatable bonds is 1. The van der Waals surface area contributed by atoms with Crippen LogP contribution in [0.4, 0.5) is 0 Å². The van der Waals surface area contributed by atoms with Gasteiger partial charge in [0.15, 0.2) is 0 Å². The zero-order valence-electron chi connectivity index (χ0n) is 5.52. The molecule has 0 amide bonds. The smallest absolute Gasteiger partial charge is 0.423 e. The lowest BCUT2D eigenvalue weighted by molar-refractivity contribution is 0.427. The van der Waals surface area contributed by atoms with Crippen LogP contribution in [0.25, 0.3) is 9.40 Å². The molecule has 0 aliphatic carbocycles. The number of thiophene rings is 2. The lowest BCUT2D eigenvalue weighted by Gasteiger charge is -1.87. The van der Waals surface area contributed by atoms with E-state index in [1.165, 1.54) is 11.3 Å². The zero-order chi connectivity index (χ0) is 7.84. The van der Waals surface area contributed by atoms with Crippen LogP contribution in [0.3, 0.4) is 0 Å². The number of hydrogen-bond donors (Lipinski definition) is 2. The minimum Gasteiger partial charge on any atom is -0.423 e. The highest BCUT2D eigenvalue weighted by molar-refractivity contribution is 7.32. The molecule has 0 saturated heterocycles. The molecule has 2 aromatic rings. The molecule has 0 saturated carbocycles. The van der Waals surface area contributed by atoms with E-state index in [0.717, 1.165) is 9.40 Å². The van der Waals surface area contributed by atoms with Gasteiger partial charge < -0.3 is 10.0 Å². The van der Waals surface area contributed by atoms with Gasteiger partial charge in [0, 0.05) is 14.2 Å². The third-order valence-corrected chi connectivity index (χ3v) is 3.55. The molecule has 0 aliphatic heterocycles. The van der Waals surface area contributed by atoms with E-state index in [1.807, 2.05) is 17.5 Å². The largest absolute Gasteiger partial charge is 0.499 e. The minimum atomic E-state index is -1.32. The van der Waals surface area contributed by atoms with Crippen LogP contribution < -0.4 is 4.78 Å². The monoisotopic (exact) mass is 184 g/mol. The fraction of sp³-hybridized carbons (Fsp3) is 0. The first kappa shape index (κ1) is 7.30. The summed E-state index contributed by atoms with van der Waals surface area (Å²) in [6.45, 7) is 0. The third kappa shape index (κ3) is 1.20. The van der Waals surface area contributed by atoms with Gasteiger partial charge in [0.25, 0.3) is 0 Å². The van der Waals surface area contributed by atoms with Gasteiger partial charge in [-0.05, 0) is 17.5 Å². The summed E-state index contributed by atoms with van der Waals surface area (Å²) in [5.74, 6) is 0.